The van der Waals surface area contributed by atoms with E-state index in [0.717, 1.165) is 24.8 Å². The third-order valence-corrected chi connectivity index (χ3v) is 4.57. The molecule has 1 amide bonds. The molecule has 1 heterocycles. The summed E-state index contributed by atoms with van der Waals surface area (Å²) in [5.41, 5.74) is 1.31. The Balaban J connectivity index is 1.87. The van der Waals surface area contributed by atoms with Crippen LogP contribution in [-0.2, 0) is 11.2 Å². The van der Waals surface area contributed by atoms with Gasteiger partial charge < -0.3 is 14.4 Å². The van der Waals surface area contributed by atoms with E-state index in [9.17, 15) is 9.59 Å². The van der Waals surface area contributed by atoms with Crippen molar-refractivity contribution in [3.05, 3.63) is 29.3 Å². The Morgan fingerprint density at radius 3 is 2.38 bits per heavy atom. The summed E-state index contributed by atoms with van der Waals surface area (Å²) >= 11 is 0. The topological polar surface area (TPSA) is 55.8 Å². The molecule has 0 N–H and O–H groups in total. The Bertz CT molecular complexity index is 640. The fraction of sp³-hybridized carbons (Fsp3) is 0.619. The third kappa shape index (κ3) is 5.75. The summed E-state index contributed by atoms with van der Waals surface area (Å²) in [6, 6.07) is 5.82. The molecule has 0 spiro atoms. The second kappa shape index (κ2) is 8.56. The van der Waals surface area contributed by atoms with Crippen molar-refractivity contribution in [3.8, 4) is 5.75 Å². The monoisotopic (exact) mass is 361 g/mol. The van der Waals surface area contributed by atoms with Crippen LogP contribution in [-0.4, -0.2) is 42.1 Å². The van der Waals surface area contributed by atoms with Gasteiger partial charge in [-0.15, -0.1) is 0 Å². The minimum absolute atomic E-state index is 0.0232. The molecule has 0 aromatic heterocycles. The molecular weight excluding hydrogens is 330 g/mol. The van der Waals surface area contributed by atoms with Gasteiger partial charge in [-0.25, -0.2) is 4.79 Å². The van der Waals surface area contributed by atoms with Gasteiger partial charge in [-0.05, 0) is 70.6 Å². The summed E-state index contributed by atoms with van der Waals surface area (Å²) in [6.07, 6.45) is 2.40. The van der Waals surface area contributed by atoms with Gasteiger partial charge in [0.1, 0.15) is 11.4 Å². The molecule has 1 saturated heterocycles. The second-order valence-corrected chi connectivity index (χ2v) is 7.96. The first-order valence-electron chi connectivity index (χ1n) is 9.44. The van der Waals surface area contributed by atoms with Crippen LogP contribution >= 0.6 is 0 Å². The lowest BCUT2D eigenvalue weighted by molar-refractivity contribution is 0.0164. The number of likely N-dealkylation sites (tertiary alicyclic amines) is 1. The number of carbonyl (C=O) groups is 2. The first kappa shape index (κ1) is 20.3. The summed E-state index contributed by atoms with van der Waals surface area (Å²) in [6.45, 7) is 11.2. The molecule has 0 atom stereocenters. The number of hydrogen-bond acceptors (Lipinski definition) is 4. The minimum Gasteiger partial charge on any atom is -0.493 e. The maximum Gasteiger partial charge on any atom is 0.410 e. The molecule has 1 aliphatic rings. The van der Waals surface area contributed by atoms with Crippen molar-refractivity contribution in [2.75, 3.05) is 19.7 Å². The maximum atomic E-state index is 12.1. The van der Waals surface area contributed by atoms with Crippen LogP contribution in [0.1, 0.15) is 63.4 Å². The van der Waals surface area contributed by atoms with Crippen molar-refractivity contribution in [1.82, 2.24) is 4.90 Å². The standard InChI is InChI=1S/C21H31NO4/c1-6-16-7-8-19(18(13-16)15(2)23)25-14-17-9-11-22(12-10-17)20(24)26-21(3,4)5/h7-8,13,17H,6,9-12,14H2,1-5H3. The maximum absolute atomic E-state index is 12.1. The van der Waals surface area contributed by atoms with Crippen molar-refractivity contribution >= 4 is 11.9 Å². The fourth-order valence-electron chi connectivity index (χ4n) is 3.01. The smallest absolute Gasteiger partial charge is 0.410 e. The SMILES string of the molecule is CCc1ccc(OCC2CCN(C(=O)OC(C)(C)C)CC2)c(C(C)=O)c1. The molecule has 0 aliphatic carbocycles. The number of amides is 1. The molecular formula is C21H31NO4. The van der Waals surface area contributed by atoms with Crippen LogP contribution in [0.25, 0.3) is 0 Å². The number of rotatable bonds is 5. The van der Waals surface area contributed by atoms with Gasteiger partial charge in [-0.3, -0.25) is 4.79 Å². The Labute approximate surface area is 156 Å². The number of ether oxygens (including phenoxy) is 2. The van der Waals surface area contributed by atoms with Gasteiger partial charge in [0.05, 0.1) is 12.2 Å². The lowest BCUT2D eigenvalue weighted by Gasteiger charge is -2.33. The van der Waals surface area contributed by atoms with Crippen LogP contribution in [0.4, 0.5) is 4.79 Å². The number of hydrogen-bond donors (Lipinski definition) is 0. The van der Waals surface area contributed by atoms with Crippen molar-refractivity contribution in [1.29, 1.82) is 0 Å². The van der Waals surface area contributed by atoms with Gasteiger partial charge in [-0.2, -0.15) is 0 Å². The third-order valence-electron chi connectivity index (χ3n) is 4.57. The molecule has 0 saturated carbocycles. The Morgan fingerprint density at radius 1 is 1.19 bits per heavy atom. The molecule has 1 fully saturated rings. The van der Waals surface area contributed by atoms with E-state index in [4.69, 9.17) is 9.47 Å². The van der Waals surface area contributed by atoms with E-state index >= 15 is 0 Å². The summed E-state index contributed by atoms with van der Waals surface area (Å²) in [7, 11) is 0. The van der Waals surface area contributed by atoms with E-state index in [0.29, 0.717) is 36.9 Å². The lowest BCUT2D eigenvalue weighted by atomic mass is 9.98. The Kier molecular flexibility index (Phi) is 6.68. The Hall–Kier alpha value is -2.04. The first-order chi connectivity index (χ1) is 12.2. The van der Waals surface area contributed by atoms with Crippen LogP contribution in [0.2, 0.25) is 0 Å². The highest BCUT2D eigenvalue weighted by atomic mass is 16.6. The van der Waals surface area contributed by atoms with Crippen molar-refractivity contribution in [2.45, 2.75) is 59.5 Å². The first-order valence-corrected chi connectivity index (χ1v) is 9.44. The lowest BCUT2D eigenvalue weighted by Crippen LogP contribution is -2.42. The number of Topliss-reactive ketones (excluding diaryl/α,β-unsaturated/α-hetero) is 1. The molecule has 0 bridgehead atoms. The summed E-state index contributed by atoms with van der Waals surface area (Å²) in [4.78, 5) is 25.8. The molecule has 26 heavy (non-hydrogen) atoms. The fourth-order valence-corrected chi connectivity index (χ4v) is 3.01. The van der Waals surface area contributed by atoms with Gasteiger partial charge in [0.2, 0.25) is 0 Å². The number of ketones is 1. The zero-order valence-electron chi connectivity index (χ0n) is 16.6. The molecule has 5 nitrogen and oxygen atoms in total. The average molecular weight is 361 g/mol. The van der Waals surface area contributed by atoms with Crippen LogP contribution < -0.4 is 4.74 Å². The minimum atomic E-state index is -0.467. The van der Waals surface area contributed by atoms with Crippen LogP contribution in [0, 0.1) is 5.92 Å². The number of benzene rings is 1. The highest BCUT2D eigenvalue weighted by Crippen LogP contribution is 2.25. The highest BCUT2D eigenvalue weighted by molar-refractivity contribution is 5.97. The predicted molar refractivity (Wildman–Crippen MR) is 102 cm³/mol. The van der Waals surface area contributed by atoms with Crippen LogP contribution in [0.3, 0.4) is 0 Å². The van der Waals surface area contributed by atoms with Gasteiger partial charge >= 0.3 is 6.09 Å². The van der Waals surface area contributed by atoms with E-state index in [1.807, 2.05) is 39.0 Å². The quantitative estimate of drug-likeness (QED) is 0.726. The van der Waals surface area contributed by atoms with Gasteiger partial charge in [-0.1, -0.05) is 13.0 Å². The van der Waals surface area contributed by atoms with Crippen LogP contribution in [0.15, 0.2) is 18.2 Å². The van der Waals surface area contributed by atoms with Gasteiger partial charge in [0.25, 0.3) is 0 Å². The molecule has 2 rings (SSSR count). The van der Waals surface area contributed by atoms with Crippen molar-refractivity contribution in [3.63, 3.8) is 0 Å². The zero-order chi connectivity index (χ0) is 19.3. The molecule has 0 unspecified atom stereocenters. The number of piperidine rings is 1. The zero-order valence-corrected chi connectivity index (χ0v) is 16.6. The molecule has 144 valence electrons. The highest BCUT2D eigenvalue weighted by Gasteiger charge is 2.27. The van der Waals surface area contributed by atoms with E-state index in [1.165, 1.54) is 0 Å². The molecule has 1 aromatic rings. The Morgan fingerprint density at radius 2 is 1.85 bits per heavy atom. The van der Waals surface area contributed by atoms with Crippen molar-refractivity contribution in [2.24, 2.45) is 5.92 Å². The van der Waals surface area contributed by atoms with Gasteiger partial charge in [0, 0.05) is 13.1 Å². The summed E-state index contributed by atoms with van der Waals surface area (Å²) in [5, 5.41) is 0. The van der Waals surface area contributed by atoms with Crippen molar-refractivity contribution < 1.29 is 19.1 Å². The second-order valence-electron chi connectivity index (χ2n) is 7.96. The molecule has 1 aliphatic heterocycles. The summed E-state index contributed by atoms with van der Waals surface area (Å²) < 4.78 is 11.4. The molecule has 0 radical (unpaired) electrons. The number of carbonyl (C=O) groups excluding carboxylic acids is 2. The molecule has 5 heteroatoms. The van der Waals surface area contributed by atoms with E-state index in [1.54, 1.807) is 11.8 Å². The van der Waals surface area contributed by atoms with E-state index in [-0.39, 0.29) is 11.9 Å². The van der Waals surface area contributed by atoms with Gasteiger partial charge in [0.15, 0.2) is 5.78 Å². The summed E-state index contributed by atoms with van der Waals surface area (Å²) in [5.74, 6) is 1.05. The van der Waals surface area contributed by atoms with E-state index < -0.39 is 5.60 Å². The largest absolute Gasteiger partial charge is 0.493 e. The number of aryl methyl sites for hydroxylation is 1. The normalized spacial score (nSPS) is 15.7. The van der Waals surface area contributed by atoms with Crippen LogP contribution in [0.5, 0.6) is 5.75 Å². The number of nitrogens with zero attached hydrogens (tertiary/aromatic N) is 1. The average Bonchev–Trinajstić information content (AvgIpc) is 2.58. The van der Waals surface area contributed by atoms with E-state index in [2.05, 4.69) is 6.92 Å². The molecule has 1 aromatic carbocycles. The predicted octanol–water partition coefficient (Wildman–Crippen LogP) is 4.48.